The average molecular weight is 251 g/mol. The minimum Gasteiger partial charge on any atom is -0.480 e. The number of carboxylic acids is 1. The minimum atomic E-state index is -0.983. The second kappa shape index (κ2) is 4.59. The van der Waals surface area contributed by atoms with Gasteiger partial charge in [0.05, 0.1) is 19.5 Å². The predicted octanol–water partition coefficient (Wildman–Crippen LogP) is 0.682. The third-order valence-corrected chi connectivity index (χ3v) is 3.01. The fourth-order valence-electron chi connectivity index (χ4n) is 1.80. The Morgan fingerprint density at radius 1 is 1.44 bits per heavy atom. The van der Waals surface area contributed by atoms with Crippen molar-refractivity contribution in [1.29, 1.82) is 0 Å². The number of anilines is 1. The summed E-state index contributed by atoms with van der Waals surface area (Å²) in [6.07, 6.45) is 4.57. The van der Waals surface area contributed by atoms with Gasteiger partial charge in [0.15, 0.2) is 5.69 Å². The van der Waals surface area contributed by atoms with E-state index in [-0.39, 0.29) is 11.5 Å². The third kappa shape index (κ3) is 2.11. The van der Waals surface area contributed by atoms with Gasteiger partial charge in [-0.25, -0.2) is 14.6 Å². The molecule has 1 heterocycles. The number of hydrogen-bond donors (Lipinski definition) is 2. The molecule has 0 saturated heterocycles. The first-order valence-corrected chi connectivity index (χ1v) is 5.49. The van der Waals surface area contributed by atoms with E-state index in [9.17, 15) is 9.59 Å². The topological polar surface area (TPSA) is 101 Å². The van der Waals surface area contributed by atoms with Crippen molar-refractivity contribution in [2.24, 2.45) is 0 Å². The molecule has 0 unspecified atom stereocenters. The molecule has 7 heteroatoms. The van der Waals surface area contributed by atoms with Crippen LogP contribution in [-0.2, 0) is 9.53 Å². The van der Waals surface area contributed by atoms with Gasteiger partial charge < -0.3 is 15.2 Å². The lowest BCUT2D eigenvalue weighted by atomic mass is 9.77. The van der Waals surface area contributed by atoms with Gasteiger partial charge in [-0.3, -0.25) is 4.98 Å². The molecule has 1 aromatic heterocycles. The number of nitrogens with zero attached hydrogens (tertiary/aromatic N) is 2. The number of carbonyl (C=O) groups excluding carboxylic acids is 1. The van der Waals surface area contributed by atoms with Gasteiger partial charge in [0, 0.05) is 0 Å². The highest BCUT2D eigenvalue weighted by Gasteiger charge is 2.44. The number of ether oxygens (including phenoxy) is 1. The Bertz CT molecular complexity index is 485. The standard InChI is InChI=1S/C11H13N3O4/c1-18-9(15)7-5-12-6-8(13-7)14-11(10(16)17)3-2-4-11/h5-6H,2-4H2,1H3,(H,13,14)(H,16,17). The van der Waals surface area contributed by atoms with Gasteiger partial charge in [-0.1, -0.05) is 0 Å². The lowest BCUT2D eigenvalue weighted by Crippen LogP contribution is -2.52. The molecule has 2 N–H and O–H groups in total. The smallest absolute Gasteiger partial charge is 0.358 e. The molecule has 0 aliphatic heterocycles. The summed E-state index contributed by atoms with van der Waals surface area (Å²) in [6.45, 7) is 0. The number of aliphatic carboxylic acids is 1. The van der Waals surface area contributed by atoms with E-state index in [0.717, 1.165) is 6.42 Å². The molecule has 1 aromatic rings. The van der Waals surface area contributed by atoms with Crippen LogP contribution in [0.3, 0.4) is 0 Å². The van der Waals surface area contributed by atoms with Crippen molar-refractivity contribution >= 4 is 17.8 Å². The van der Waals surface area contributed by atoms with Crippen LogP contribution in [0.25, 0.3) is 0 Å². The first kappa shape index (κ1) is 12.3. The van der Waals surface area contributed by atoms with Crippen molar-refractivity contribution in [3.8, 4) is 0 Å². The second-order valence-electron chi connectivity index (χ2n) is 4.15. The number of hydrogen-bond acceptors (Lipinski definition) is 6. The van der Waals surface area contributed by atoms with Crippen molar-refractivity contribution in [2.45, 2.75) is 24.8 Å². The molecule has 0 aromatic carbocycles. The van der Waals surface area contributed by atoms with E-state index in [0.29, 0.717) is 12.8 Å². The minimum absolute atomic E-state index is 0.0439. The third-order valence-electron chi connectivity index (χ3n) is 3.01. The summed E-state index contributed by atoms with van der Waals surface area (Å²) in [5, 5.41) is 12.0. The van der Waals surface area contributed by atoms with Gasteiger partial charge in [-0.2, -0.15) is 0 Å². The summed E-state index contributed by atoms with van der Waals surface area (Å²) < 4.78 is 4.52. The molecule has 2 rings (SSSR count). The normalized spacial score (nSPS) is 16.5. The molecule has 0 spiro atoms. The molecule has 18 heavy (non-hydrogen) atoms. The van der Waals surface area contributed by atoms with Crippen LogP contribution in [0.2, 0.25) is 0 Å². The van der Waals surface area contributed by atoms with Gasteiger partial charge in [0.1, 0.15) is 11.4 Å². The van der Waals surface area contributed by atoms with Crippen molar-refractivity contribution in [3.05, 3.63) is 18.1 Å². The SMILES string of the molecule is COC(=O)c1cncc(NC2(C(=O)O)CCC2)n1. The van der Waals surface area contributed by atoms with Gasteiger partial charge in [0.25, 0.3) is 0 Å². The summed E-state index contributed by atoms with van der Waals surface area (Å²) in [6, 6.07) is 0. The number of carbonyl (C=O) groups is 2. The zero-order valence-electron chi connectivity index (χ0n) is 9.84. The Morgan fingerprint density at radius 2 is 2.17 bits per heavy atom. The van der Waals surface area contributed by atoms with E-state index < -0.39 is 17.5 Å². The number of rotatable bonds is 4. The molecule has 0 amide bonds. The lowest BCUT2D eigenvalue weighted by molar-refractivity contribution is -0.145. The number of carboxylic acid groups (broad SMARTS) is 1. The van der Waals surface area contributed by atoms with Crippen LogP contribution in [0.4, 0.5) is 5.82 Å². The van der Waals surface area contributed by atoms with E-state index in [1.807, 2.05) is 0 Å². The van der Waals surface area contributed by atoms with Gasteiger partial charge in [0.2, 0.25) is 0 Å². The monoisotopic (exact) mass is 251 g/mol. The zero-order valence-corrected chi connectivity index (χ0v) is 9.84. The molecular formula is C11H13N3O4. The maximum absolute atomic E-state index is 11.3. The highest BCUT2D eigenvalue weighted by molar-refractivity contribution is 5.87. The van der Waals surface area contributed by atoms with Gasteiger partial charge in [-0.15, -0.1) is 0 Å². The van der Waals surface area contributed by atoms with Crippen LogP contribution in [0.5, 0.6) is 0 Å². The number of methoxy groups -OCH3 is 1. The van der Waals surface area contributed by atoms with Crippen molar-refractivity contribution in [2.75, 3.05) is 12.4 Å². The number of aromatic nitrogens is 2. The zero-order chi connectivity index (χ0) is 13.2. The Morgan fingerprint density at radius 3 is 2.67 bits per heavy atom. The van der Waals surface area contributed by atoms with Crippen LogP contribution in [0, 0.1) is 0 Å². The molecule has 1 aliphatic carbocycles. The molecule has 96 valence electrons. The summed E-state index contributed by atoms with van der Waals surface area (Å²) >= 11 is 0. The van der Waals surface area contributed by atoms with E-state index in [1.54, 1.807) is 0 Å². The molecule has 0 atom stereocenters. The van der Waals surface area contributed by atoms with Crippen molar-refractivity contribution in [1.82, 2.24) is 9.97 Å². The summed E-state index contributed by atoms with van der Waals surface area (Å²) in [5.74, 6) is -1.26. The second-order valence-corrected chi connectivity index (χ2v) is 4.15. The van der Waals surface area contributed by atoms with Crippen LogP contribution in [0.1, 0.15) is 29.8 Å². The molecule has 1 saturated carbocycles. The number of nitrogens with one attached hydrogen (secondary N) is 1. The van der Waals surface area contributed by atoms with Gasteiger partial charge >= 0.3 is 11.9 Å². The maximum atomic E-state index is 11.3. The van der Waals surface area contributed by atoms with E-state index in [1.165, 1.54) is 19.5 Å². The fraction of sp³-hybridized carbons (Fsp3) is 0.455. The quantitative estimate of drug-likeness (QED) is 0.759. The van der Waals surface area contributed by atoms with Crippen molar-refractivity contribution < 1.29 is 19.4 Å². The van der Waals surface area contributed by atoms with Crippen LogP contribution < -0.4 is 5.32 Å². The van der Waals surface area contributed by atoms with Crippen LogP contribution in [0.15, 0.2) is 12.4 Å². The largest absolute Gasteiger partial charge is 0.480 e. The summed E-state index contributed by atoms with van der Waals surface area (Å²) in [5.41, 5.74) is -0.939. The Kier molecular flexibility index (Phi) is 3.14. The predicted molar refractivity (Wildman–Crippen MR) is 61.2 cm³/mol. The molecule has 1 aliphatic rings. The Balaban J connectivity index is 2.19. The Hall–Kier alpha value is -2.18. The van der Waals surface area contributed by atoms with Gasteiger partial charge in [-0.05, 0) is 19.3 Å². The number of esters is 1. The summed E-state index contributed by atoms with van der Waals surface area (Å²) in [4.78, 5) is 30.3. The first-order valence-electron chi connectivity index (χ1n) is 5.49. The lowest BCUT2D eigenvalue weighted by Gasteiger charge is -2.38. The molecular weight excluding hydrogens is 238 g/mol. The molecule has 1 fully saturated rings. The first-order chi connectivity index (χ1) is 8.57. The van der Waals surface area contributed by atoms with E-state index >= 15 is 0 Å². The van der Waals surface area contributed by atoms with E-state index in [2.05, 4.69) is 20.0 Å². The Labute approximate surface area is 103 Å². The molecule has 0 bridgehead atoms. The highest BCUT2D eigenvalue weighted by Crippen LogP contribution is 2.35. The summed E-state index contributed by atoms with van der Waals surface area (Å²) in [7, 11) is 1.24. The fourth-order valence-corrected chi connectivity index (χ4v) is 1.80. The maximum Gasteiger partial charge on any atom is 0.358 e. The van der Waals surface area contributed by atoms with E-state index in [4.69, 9.17) is 5.11 Å². The molecule has 0 radical (unpaired) electrons. The molecule has 7 nitrogen and oxygen atoms in total. The highest BCUT2D eigenvalue weighted by atomic mass is 16.5. The van der Waals surface area contributed by atoms with Crippen molar-refractivity contribution in [3.63, 3.8) is 0 Å². The average Bonchev–Trinajstić information content (AvgIpc) is 2.32. The van der Waals surface area contributed by atoms with Crippen LogP contribution in [-0.4, -0.2) is 39.7 Å². The van der Waals surface area contributed by atoms with Crippen LogP contribution >= 0.6 is 0 Å².